The third kappa shape index (κ3) is 4.22. The number of hydrogen-bond acceptors (Lipinski definition) is 2. The summed E-state index contributed by atoms with van der Waals surface area (Å²) in [7, 11) is 0. The molecule has 0 unspecified atom stereocenters. The Balaban J connectivity index is 2.42. The molecule has 0 atom stereocenters. The van der Waals surface area contributed by atoms with E-state index in [0.29, 0.717) is 9.21 Å². The van der Waals surface area contributed by atoms with E-state index in [2.05, 4.69) is 37.0 Å². The fourth-order valence-corrected chi connectivity index (χ4v) is 2.45. The zero-order chi connectivity index (χ0) is 10.8. The van der Waals surface area contributed by atoms with Gasteiger partial charge in [0.2, 0.25) is 0 Å². The maximum atomic E-state index is 11.8. The number of nitrogens with zero attached hydrogens (tertiary/aromatic N) is 2. The number of alkyl halides is 3. The van der Waals surface area contributed by atoms with Crippen LogP contribution in [0.1, 0.15) is 0 Å². The van der Waals surface area contributed by atoms with Crippen LogP contribution in [0.25, 0.3) is 0 Å². The summed E-state index contributed by atoms with van der Waals surface area (Å²) in [6, 6.07) is 1.68. The van der Waals surface area contributed by atoms with E-state index in [4.69, 9.17) is 0 Å². The van der Waals surface area contributed by atoms with Crippen molar-refractivity contribution in [3.05, 3.63) is 15.3 Å². The average Bonchev–Trinajstić information content (AvgIpc) is 2.27. The molecule has 0 aliphatic rings. The summed E-state index contributed by atoms with van der Waals surface area (Å²) >= 11 is 6.25. The summed E-state index contributed by atoms with van der Waals surface area (Å²) in [6.07, 6.45) is 0. The quantitative estimate of drug-likeness (QED) is 0.825. The van der Waals surface area contributed by atoms with Gasteiger partial charge in [-0.15, -0.1) is 0 Å². The van der Waals surface area contributed by atoms with Crippen molar-refractivity contribution in [2.24, 2.45) is 0 Å². The van der Waals surface area contributed by atoms with Gasteiger partial charge < -0.3 is 0 Å². The van der Waals surface area contributed by atoms with Crippen molar-refractivity contribution in [2.75, 3.05) is 5.75 Å². The van der Waals surface area contributed by atoms with Crippen molar-refractivity contribution in [3.8, 4) is 0 Å². The van der Waals surface area contributed by atoms with Gasteiger partial charge in [-0.2, -0.15) is 18.3 Å². The van der Waals surface area contributed by atoms with Crippen LogP contribution in [0.4, 0.5) is 13.2 Å². The summed E-state index contributed by atoms with van der Waals surface area (Å²) in [5.41, 5.74) is -4.17. The van der Waals surface area contributed by atoms with Crippen LogP contribution in [0.5, 0.6) is 0 Å². The third-order valence-corrected chi connectivity index (χ3v) is 3.01. The minimum absolute atomic E-state index is 0.0454. The van der Waals surface area contributed by atoms with Crippen molar-refractivity contribution in [2.45, 2.75) is 12.1 Å². The van der Waals surface area contributed by atoms with E-state index in [1.807, 2.05) is 0 Å². The Morgan fingerprint density at radius 2 is 2.07 bits per heavy atom. The fraction of sp³-hybridized carbons (Fsp3) is 0.500. The van der Waals surface area contributed by atoms with Gasteiger partial charge in [0, 0.05) is 11.8 Å². The molecule has 1 aromatic heterocycles. The van der Waals surface area contributed by atoms with Crippen LogP contribution in [-0.4, -0.2) is 21.0 Å². The molecule has 0 amide bonds. The Morgan fingerprint density at radius 3 is 2.50 bits per heavy atom. The molecule has 8 heteroatoms. The highest BCUT2D eigenvalue weighted by Crippen LogP contribution is 2.30. The molecule has 1 aromatic rings. The maximum absolute atomic E-state index is 11.8. The van der Waals surface area contributed by atoms with Crippen LogP contribution < -0.4 is 0 Å². The van der Waals surface area contributed by atoms with Gasteiger partial charge in [-0.05, 0) is 43.6 Å². The zero-order valence-electron chi connectivity index (χ0n) is 6.68. The summed E-state index contributed by atoms with van der Waals surface area (Å²) < 4.78 is 38.0. The minimum Gasteiger partial charge on any atom is -0.257 e. The van der Waals surface area contributed by atoms with Gasteiger partial charge in [-0.1, -0.05) is 0 Å². The fourth-order valence-electron chi connectivity index (χ4n) is 0.769. The molecule has 0 bridgehead atoms. The predicted octanol–water partition coefficient (Wildman–Crippen LogP) is 3.66. The van der Waals surface area contributed by atoms with Gasteiger partial charge in [0.05, 0.1) is 6.54 Å². The number of hydrogen-bond donors (Lipinski definition) is 0. The van der Waals surface area contributed by atoms with Crippen LogP contribution in [0, 0.1) is 0 Å². The molecule has 1 rings (SSSR count). The first-order chi connectivity index (χ1) is 6.38. The predicted molar refractivity (Wildman–Crippen MR) is 56.1 cm³/mol. The molecule has 0 saturated carbocycles. The number of rotatable bonds is 3. The molecule has 0 aliphatic carbocycles. The second-order valence-corrected chi connectivity index (χ2v) is 5.09. The molecule has 0 saturated heterocycles. The lowest BCUT2D eigenvalue weighted by Crippen LogP contribution is -2.08. The van der Waals surface area contributed by atoms with E-state index in [0.717, 1.165) is 0 Å². The van der Waals surface area contributed by atoms with Crippen molar-refractivity contribution in [1.29, 1.82) is 0 Å². The highest BCUT2D eigenvalue weighted by atomic mass is 79.9. The summed E-state index contributed by atoms with van der Waals surface area (Å²) in [6.45, 7) is 0.219. The molecule has 0 N–H and O–H groups in total. The number of thioether (sulfide) groups is 1. The summed E-state index contributed by atoms with van der Waals surface area (Å²) in [5, 5.41) is 3.94. The van der Waals surface area contributed by atoms with E-state index in [1.165, 1.54) is 4.68 Å². The van der Waals surface area contributed by atoms with E-state index in [1.54, 1.807) is 6.07 Å². The number of aromatic nitrogens is 2. The lowest BCUT2D eigenvalue weighted by atomic mass is 10.7. The first kappa shape index (κ1) is 12.4. The van der Waals surface area contributed by atoms with Gasteiger partial charge in [0.1, 0.15) is 9.21 Å². The third-order valence-electron chi connectivity index (χ3n) is 1.27. The van der Waals surface area contributed by atoms with Crippen molar-refractivity contribution < 1.29 is 13.2 Å². The molecule has 0 fully saturated rings. The zero-order valence-corrected chi connectivity index (χ0v) is 10.7. The average molecular weight is 354 g/mol. The molecule has 14 heavy (non-hydrogen) atoms. The van der Waals surface area contributed by atoms with Crippen molar-refractivity contribution in [3.63, 3.8) is 0 Å². The smallest absolute Gasteiger partial charge is 0.257 e. The van der Waals surface area contributed by atoms with E-state index in [-0.39, 0.29) is 24.1 Å². The molecule has 0 aromatic carbocycles. The monoisotopic (exact) mass is 352 g/mol. The standard InChI is InChI=1S/C6H5Br2F3N2S/c7-4-3-5(8)13(12-4)1-2-14-6(9,10)11/h3H,1-2H2. The Morgan fingerprint density at radius 1 is 1.43 bits per heavy atom. The van der Waals surface area contributed by atoms with Gasteiger partial charge in [-0.25, -0.2) is 0 Å². The summed E-state index contributed by atoms with van der Waals surface area (Å²) in [4.78, 5) is 0. The molecule has 0 spiro atoms. The Kier molecular flexibility index (Phi) is 4.32. The molecular weight excluding hydrogens is 349 g/mol. The Labute approximate surface area is 99.5 Å². The highest BCUT2D eigenvalue weighted by Gasteiger charge is 2.27. The van der Waals surface area contributed by atoms with Crippen molar-refractivity contribution >= 4 is 43.6 Å². The van der Waals surface area contributed by atoms with E-state index >= 15 is 0 Å². The van der Waals surface area contributed by atoms with Crippen LogP contribution in [0.3, 0.4) is 0 Å². The first-order valence-electron chi connectivity index (χ1n) is 3.48. The van der Waals surface area contributed by atoms with Gasteiger partial charge in [-0.3, -0.25) is 4.68 Å². The number of aryl methyl sites for hydroxylation is 1. The lowest BCUT2D eigenvalue weighted by Gasteiger charge is -2.05. The maximum Gasteiger partial charge on any atom is 0.441 e. The van der Waals surface area contributed by atoms with Crippen LogP contribution in [-0.2, 0) is 6.54 Å². The Bertz CT molecular complexity index is 313. The Hall–Kier alpha value is 0.310. The molecular formula is C6H5Br2F3N2S. The van der Waals surface area contributed by atoms with E-state index in [9.17, 15) is 13.2 Å². The molecule has 1 heterocycles. The van der Waals surface area contributed by atoms with Crippen LogP contribution in [0.15, 0.2) is 15.3 Å². The van der Waals surface area contributed by atoms with E-state index < -0.39 is 5.51 Å². The van der Waals surface area contributed by atoms with Crippen LogP contribution >= 0.6 is 43.6 Å². The second kappa shape index (κ2) is 4.89. The number of halogens is 5. The minimum atomic E-state index is -4.17. The molecule has 2 nitrogen and oxygen atoms in total. The lowest BCUT2D eigenvalue weighted by molar-refractivity contribution is -0.0328. The molecule has 0 radical (unpaired) electrons. The largest absolute Gasteiger partial charge is 0.441 e. The van der Waals surface area contributed by atoms with Gasteiger partial charge in [0.15, 0.2) is 0 Å². The first-order valence-corrected chi connectivity index (χ1v) is 6.05. The topological polar surface area (TPSA) is 17.8 Å². The second-order valence-electron chi connectivity index (χ2n) is 2.31. The van der Waals surface area contributed by atoms with Gasteiger partial charge >= 0.3 is 5.51 Å². The summed E-state index contributed by atoms with van der Waals surface area (Å²) in [5.74, 6) is -0.0454. The normalized spacial score (nSPS) is 12.1. The SMILES string of the molecule is FC(F)(F)SCCn1nc(Br)cc1Br. The van der Waals surface area contributed by atoms with Gasteiger partial charge in [0.25, 0.3) is 0 Å². The van der Waals surface area contributed by atoms with Crippen LogP contribution in [0.2, 0.25) is 0 Å². The molecule has 80 valence electrons. The highest BCUT2D eigenvalue weighted by molar-refractivity contribution is 9.11. The van der Waals surface area contributed by atoms with Crippen molar-refractivity contribution in [1.82, 2.24) is 9.78 Å². The molecule has 0 aliphatic heterocycles.